The summed E-state index contributed by atoms with van der Waals surface area (Å²) in [4.78, 5) is 16.5. The van der Waals surface area contributed by atoms with Gasteiger partial charge in [-0.05, 0) is 43.7 Å². The number of amides is 2. The van der Waals surface area contributed by atoms with Gasteiger partial charge in [0, 0.05) is 11.4 Å². The van der Waals surface area contributed by atoms with Crippen LogP contribution in [0.25, 0.3) is 0 Å². The fourth-order valence-electron chi connectivity index (χ4n) is 3.79. The third-order valence-electron chi connectivity index (χ3n) is 4.96. The molecule has 0 unspecified atom stereocenters. The monoisotopic (exact) mass is 356 g/mol. The van der Waals surface area contributed by atoms with Gasteiger partial charge in [0.05, 0.1) is 23.6 Å². The third kappa shape index (κ3) is 2.70. The molecule has 0 N–H and O–H groups in total. The van der Waals surface area contributed by atoms with E-state index in [1.54, 1.807) is 9.80 Å². The normalized spacial score (nSPS) is 24.6. The van der Waals surface area contributed by atoms with E-state index in [1.807, 2.05) is 62.4 Å². The Kier molecular flexibility index (Phi) is 3.61. The summed E-state index contributed by atoms with van der Waals surface area (Å²) in [6, 6.07) is 14.5. The topological polar surface area (TPSA) is 57.7 Å². The summed E-state index contributed by atoms with van der Waals surface area (Å²) >= 11 is 0. The summed E-state index contributed by atoms with van der Waals surface area (Å²) in [5.41, 5.74) is 3.64. The number of rotatable bonds is 2. The van der Waals surface area contributed by atoms with Gasteiger partial charge in [0.2, 0.25) is 0 Å². The van der Waals surface area contributed by atoms with Crippen molar-refractivity contribution in [1.29, 1.82) is 0 Å². The Morgan fingerprint density at radius 2 is 1.44 bits per heavy atom. The van der Waals surface area contributed by atoms with Gasteiger partial charge in [-0.2, -0.15) is 0 Å². The first-order chi connectivity index (χ1) is 11.9. The van der Waals surface area contributed by atoms with Crippen molar-refractivity contribution in [1.82, 2.24) is 0 Å². The van der Waals surface area contributed by atoms with Crippen LogP contribution in [0.1, 0.15) is 11.1 Å². The second-order valence-electron chi connectivity index (χ2n) is 6.91. The molecule has 2 aromatic rings. The number of urea groups is 1. The maximum Gasteiger partial charge on any atom is 0.329 e. The average Bonchev–Trinajstić information content (AvgIpc) is 2.97. The zero-order chi connectivity index (χ0) is 17.8. The maximum atomic E-state index is 13.2. The Morgan fingerprint density at radius 1 is 0.840 bits per heavy atom. The van der Waals surface area contributed by atoms with Crippen LogP contribution in [-0.2, 0) is 9.84 Å². The number of hydrogen-bond acceptors (Lipinski definition) is 3. The van der Waals surface area contributed by atoms with Crippen molar-refractivity contribution in [3.8, 4) is 0 Å². The number of anilines is 2. The molecule has 2 aliphatic rings. The molecule has 0 radical (unpaired) electrons. The van der Waals surface area contributed by atoms with E-state index in [1.165, 1.54) is 0 Å². The van der Waals surface area contributed by atoms with Gasteiger partial charge in [0.25, 0.3) is 0 Å². The van der Waals surface area contributed by atoms with Crippen LogP contribution >= 0.6 is 0 Å². The fourth-order valence-corrected chi connectivity index (χ4v) is 5.71. The largest absolute Gasteiger partial charge is 0.329 e. The Hall–Kier alpha value is -2.34. The Balaban J connectivity index is 1.81. The van der Waals surface area contributed by atoms with Gasteiger partial charge < -0.3 is 0 Å². The first-order valence-corrected chi connectivity index (χ1v) is 10.1. The van der Waals surface area contributed by atoms with E-state index in [0.29, 0.717) is 0 Å². The molecule has 0 spiro atoms. The molecule has 130 valence electrons. The number of fused-ring (bicyclic) bond motifs is 1. The van der Waals surface area contributed by atoms with Crippen molar-refractivity contribution in [2.75, 3.05) is 21.3 Å². The van der Waals surface area contributed by atoms with Crippen LogP contribution in [0.2, 0.25) is 0 Å². The van der Waals surface area contributed by atoms with Gasteiger partial charge >= 0.3 is 6.03 Å². The zero-order valence-corrected chi connectivity index (χ0v) is 15.0. The zero-order valence-electron chi connectivity index (χ0n) is 14.2. The highest BCUT2D eigenvalue weighted by molar-refractivity contribution is 7.91. The molecule has 2 fully saturated rings. The van der Waals surface area contributed by atoms with Gasteiger partial charge in [-0.1, -0.05) is 29.8 Å². The SMILES string of the molecule is Cc1ccc(N2C(=O)N(c3cccc(C)c3)[C@H]3CS(=O)(=O)C[C@H]32)cc1. The van der Waals surface area contributed by atoms with Gasteiger partial charge in [-0.25, -0.2) is 13.2 Å². The highest BCUT2D eigenvalue weighted by Crippen LogP contribution is 2.38. The van der Waals surface area contributed by atoms with Crippen LogP contribution in [0.15, 0.2) is 48.5 Å². The van der Waals surface area contributed by atoms with Crippen molar-refractivity contribution in [3.63, 3.8) is 0 Å². The van der Waals surface area contributed by atoms with E-state index in [4.69, 9.17) is 0 Å². The fraction of sp³-hybridized carbons (Fsp3) is 0.316. The number of nitrogens with zero attached hydrogens (tertiary/aromatic N) is 2. The molecular weight excluding hydrogens is 336 g/mol. The number of carbonyl (C=O) groups excluding carboxylic acids is 1. The molecule has 0 saturated carbocycles. The molecule has 0 aromatic heterocycles. The molecule has 5 nitrogen and oxygen atoms in total. The minimum Gasteiger partial charge on any atom is -0.288 e. The molecule has 2 aromatic carbocycles. The lowest BCUT2D eigenvalue weighted by molar-refractivity contribution is 0.255. The van der Waals surface area contributed by atoms with E-state index in [-0.39, 0.29) is 29.6 Å². The van der Waals surface area contributed by atoms with Crippen LogP contribution in [0.4, 0.5) is 16.2 Å². The Labute approximate surface area is 147 Å². The minimum atomic E-state index is -3.16. The predicted octanol–water partition coefficient (Wildman–Crippen LogP) is 2.92. The first kappa shape index (κ1) is 16.1. The third-order valence-corrected chi connectivity index (χ3v) is 6.66. The Morgan fingerprint density at radius 3 is 2.04 bits per heavy atom. The lowest BCUT2D eigenvalue weighted by Crippen LogP contribution is -2.37. The van der Waals surface area contributed by atoms with E-state index in [2.05, 4.69) is 0 Å². The van der Waals surface area contributed by atoms with Gasteiger partial charge in [0.15, 0.2) is 9.84 Å². The summed E-state index contributed by atoms with van der Waals surface area (Å²) in [6.07, 6.45) is 0. The molecule has 6 heteroatoms. The summed E-state index contributed by atoms with van der Waals surface area (Å²) in [5.74, 6) is 0.0271. The number of benzene rings is 2. The van der Waals surface area contributed by atoms with Crippen molar-refractivity contribution < 1.29 is 13.2 Å². The minimum absolute atomic E-state index is 0.0135. The van der Waals surface area contributed by atoms with E-state index in [0.717, 1.165) is 22.5 Å². The summed E-state index contributed by atoms with van der Waals surface area (Å²) in [7, 11) is -3.16. The van der Waals surface area contributed by atoms with Crippen molar-refractivity contribution in [2.24, 2.45) is 0 Å². The molecule has 0 aliphatic carbocycles. The molecule has 0 bridgehead atoms. The first-order valence-electron chi connectivity index (χ1n) is 8.32. The van der Waals surface area contributed by atoms with E-state index < -0.39 is 9.84 Å². The highest BCUT2D eigenvalue weighted by Gasteiger charge is 2.54. The van der Waals surface area contributed by atoms with Crippen LogP contribution in [0.3, 0.4) is 0 Å². The smallest absolute Gasteiger partial charge is 0.288 e. The average molecular weight is 356 g/mol. The molecule has 2 amide bonds. The summed E-state index contributed by atoms with van der Waals surface area (Å²) in [5, 5.41) is 0. The lowest BCUT2D eigenvalue weighted by atomic mass is 10.1. The second kappa shape index (κ2) is 5.59. The van der Waals surface area contributed by atoms with Crippen LogP contribution in [0.5, 0.6) is 0 Å². The van der Waals surface area contributed by atoms with Crippen molar-refractivity contribution in [2.45, 2.75) is 25.9 Å². The molecule has 4 rings (SSSR count). The number of sulfone groups is 1. The highest BCUT2D eigenvalue weighted by atomic mass is 32.2. The van der Waals surface area contributed by atoms with Crippen LogP contribution < -0.4 is 9.80 Å². The Bertz CT molecular complexity index is 937. The van der Waals surface area contributed by atoms with Crippen molar-refractivity contribution in [3.05, 3.63) is 59.7 Å². The van der Waals surface area contributed by atoms with Gasteiger partial charge in [-0.15, -0.1) is 0 Å². The molecule has 2 heterocycles. The molecule has 2 atom stereocenters. The molecule has 2 saturated heterocycles. The quantitative estimate of drug-likeness (QED) is 0.778. The number of hydrogen-bond donors (Lipinski definition) is 0. The predicted molar refractivity (Wildman–Crippen MR) is 98.9 cm³/mol. The number of carbonyl (C=O) groups is 1. The molecular formula is C19H20N2O3S. The van der Waals surface area contributed by atoms with Crippen LogP contribution in [0, 0.1) is 13.8 Å². The van der Waals surface area contributed by atoms with Crippen LogP contribution in [-0.4, -0.2) is 38.0 Å². The summed E-state index contributed by atoms with van der Waals surface area (Å²) < 4.78 is 24.5. The standard InChI is InChI=1S/C19H20N2O3S/c1-13-6-8-15(9-7-13)20-17-11-25(23,24)12-18(17)21(19(20)22)16-5-3-4-14(2)10-16/h3-10,17-18H,11-12H2,1-2H3/t17-,18+/m1/s1. The van der Waals surface area contributed by atoms with Crippen molar-refractivity contribution >= 4 is 27.2 Å². The summed E-state index contributed by atoms with van der Waals surface area (Å²) in [6.45, 7) is 3.95. The van der Waals surface area contributed by atoms with Gasteiger partial charge in [-0.3, -0.25) is 9.80 Å². The van der Waals surface area contributed by atoms with E-state index in [9.17, 15) is 13.2 Å². The van der Waals surface area contributed by atoms with Gasteiger partial charge in [0.1, 0.15) is 0 Å². The second-order valence-corrected chi connectivity index (χ2v) is 9.06. The molecule has 25 heavy (non-hydrogen) atoms. The lowest BCUT2D eigenvalue weighted by Gasteiger charge is -2.23. The molecule has 2 aliphatic heterocycles. The van der Waals surface area contributed by atoms with E-state index >= 15 is 0 Å². The maximum absolute atomic E-state index is 13.2. The number of aryl methyl sites for hydroxylation is 2.